The number of rotatable bonds is 7. The van der Waals surface area contributed by atoms with Crippen LogP contribution in [0.25, 0.3) is 0 Å². The van der Waals surface area contributed by atoms with Gasteiger partial charge in [0.2, 0.25) is 0 Å². The Morgan fingerprint density at radius 3 is 1.91 bits per heavy atom. The number of esters is 2. The molecule has 3 saturated carbocycles. The summed E-state index contributed by atoms with van der Waals surface area (Å²) in [5.74, 6) is 1.59. The first kappa shape index (κ1) is 37.7. The highest BCUT2D eigenvalue weighted by Crippen LogP contribution is 2.74. The second-order valence-corrected chi connectivity index (χ2v) is 19.2. The van der Waals surface area contributed by atoms with Crippen LogP contribution in [-0.2, 0) is 14.3 Å². The standard InChI is InChI=1S/C46H60O7/c1-41(2)35-26-34(47)38-33(44(35,5)20-19-37(41)53-40(49)30-12-16-32(51-9)17-13-30)18-21-45(6)36-27-42(3,22-23-43(36,4)24-25-46(38,45)7)28-52-39(48)29-10-14-31(50-8)15-11-29/h10-17,35-37H,18-28H2,1-9H3. The summed E-state index contributed by atoms with van der Waals surface area (Å²) in [7, 11) is 3.23. The molecule has 7 nitrogen and oxygen atoms in total. The lowest BCUT2D eigenvalue weighted by Crippen LogP contribution is -2.63. The smallest absolute Gasteiger partial charge is 0.338 e. The Bertz CT molecular complexity index is 1810. The Balaban J connectivity index is 1.13. The number of fused-ring (bicyclic) bond motifs is 6. The first-order chi connectivity index (χ1) is 24.9. The van der Waals surface area contributed by atoms with Gasteiger partial charge < -0.3 is 18.9 Å². The molecule has 286 valence electrons. The van der Waals surface area contributed by atoms with E-state index in [1.54, 1.807) is 62.8 Å². The summed E-state index contributed by atoms with van der Waals surface area (Å²) in [5.41, 5.74) is 2.84. The number of Topliss-reactive ketones (excluding diaryl/α,β-unsaturated/α-hetero) is 1. The van der Waals surface area contributed by atoms with Crippen molar-refractivity contribution in [3.63, 3.8) is 0 Å². The Kier molecular flexibility index (Phi) is 9.25. The third-order valence-electron chi connectivity index (χ3n) is 16.0. The minimum atomic E-state index is -0.370. The van der Waals surface area contributed by atoms with Gasteiger partial charge in [0.25, 0.3) is 0 Å². The van der Waals surface area contributed by atoms with Gasteiger partial charge in [-0.15, -0.1) is 0 Å². The molecule has 0 heterocycles. The second kappa shape index (κ2) is 13.0. The van der Waals surface area contributed by atoms with Gasteiger partial charge in [0.05, 0.1) is 32.0 Å². The van der Waals surface area contributed by atoms with Gasteiger partial charge >= 0.3 is 11.9 Å². The molecular weight excluding hydrogens is 664 g/mol. The van der Waals surface area contributed by atoms with E-state index in [1.807, 2.05) is 0 Å². The van der Waals surface area contributed by atoms with Crippen molar-refractivity contribution in [2.75, 3.05) is 20.8 Å². The van der Waals surface area contributed by atoms with Crippen LogP contribution >= 0.6 is 0 Å². The fourth-order valence-electron chi connectivity index (χ4n) is 12.3. The average molecular weight is 725 g/mol. The molecular formula is C46H60O7. The van der Waals surface area contributed by atoms with Crippen LogP contribution in [0.5, 0.6) is 11.5 Å². The van der Waals surface area contributed by atoms with Gasteiger partial charge in [0, 0.05) is 28.2 Å². The summed E-state index contributed by atoms with van der Waals surface area (Å²) < 4.78 is 22.8. The average Bonchev–Trinajstić information content (AvgIpc) is 3.14. The summed E-state index contributed by atoms with van der Waals surface area (Å²) >= 11 is 0. The van der Waals surface area contributed by atoms with Gasteiger partial charge in [-0.1, -0.05) is 54.0 Å². The van der Waals surface area contributed by atoms with E-state index in [0.717, 1.165) is 63.4 Å². The first-order valence-electron chi connectivity index (χ1n) is 19.9. The van der Waals surface area contributed by atoms with E-state index in [-0.39, 0.29) is 56.5 Å². The molecule has 0 bridgehead atoms. The van der Waals surface area contributed by atoms with Gasteiger partial charge in [0.15, 0.2) is 5.78 Å². The topological polar surface area (TPSA) is 88.1 Å². The number of hydrogen-bond donors (Lipinski definition) is 0. The predicted octanol–water partition coefficient (Wildman–Crippen LogP) is 10.2. The molecule has 7 rings (SSSR count). The molecule has 0 saturated heterocycles. The third-order valence-corrected chi connectivity index (χ3v) is 16.0. The van der Waals surface area contributed by atoms with E-state index < -0.39 is 0 Å². The SMILES string of the molecule is COc1ccc(C(=O)OCC2(C)CCC3(C)CCC4(C)C5=C(CCC4(C)C3C2)C2(C)CCC(OC(=O)c3ccc(OC)cc3)C(C)(C)C2CC5=O)cc1. The lowest BCUT2D eigenvalue weighted by molar-refractivity contribution is -0.165. The highest BCUT2D eigenvalue weighted by atomic mass is 16.5. The number of benzene rings is 2. The quantitative estimate of drug-likeness (QED) is 0.263. The van der Waals surface area contributed by atoms with Crippen molar-refractivity contribution in [2.24, 2.45) is 44.3 Å². The Morgan fingerprint density at radius 1 is 0.717 bits per heavy atom. The van der Waals surface area contributed by atoms with E-state index in [4.69, 9.17) is 18.9 Å². The summed E-state index contributed by atoms with van der Waals surface area (Å²) in [5, 5.41) is 0. The number of carbonyl (C=O) groups is 3. The minimum Gasteiger partial charge on any atom is -0.497 e. The van der Waals surface area contributed by atoms with E-state index in [9.17, 15) is 14.4 Å². The van der Waals surface area contributed by atoms with Gasteiger partial charge in [-0.3, -0.25) is 4.79 Å². The summed E-state index contributed by atoms with van der Waals surface area (Å²) in [4.78, 5) is 41.3. The van der Waals surface area contributed by atoms with E-state index in [0.29, 0.717) is 47.4 Å². The Morgan fingerprint density at radius 2 is 1.30 bits per heavy atom. The lowest BCUT2D eigenvalue weighted by Gasteiger charge is -2.69. The highest BCUT2D eigenvalue weighted by Gasteiger charge is 2.68. The number of ether oxygens (including phenoxy) is 4. The Labute approximate surface area is 316 Å². The molecule has 0 amide bonds. The zero-order valence-corrected chi connectivity index (χ0v) is 33.5. The van der Waals surface area contributed by atoms with E-state index in [2.05, 4.69) is 48.5 Å². The van der Waals surface area contributed by atoms with Crippen LogP contribution in [0.1, 0.15) is 133 Å². The molecule has 53 heavy (non-hydrogen) atoms. The fraction of sp³-hybridized carbons (Fsp3) is 0.630. The van der Waals surface area contributed by atoms with Crippen molar-refractivity contribution in [1.82, 2.24) is 0 Å². The second-order valence-electron chi connectivity index (χ2n) is 19.2. The van der Waals surface area contributed by atoms with Crippen molar-refractivity contribution in [1.29, 1.82) is 0 Å². The van der Waals surface area contributed by atoms with Crippen molar-refractivity contribution >= 4 is 17.7 Å². The van der Waals surface area contributed by atoms with Gasteiger partial charge in [-0.25, -0.2) is 9.59 Å². The number of methoxy groups -OCH3 is 2. The molecule has 0 radical (unpaired) electrons. The summed E-state index contributed by atoms with van der Waals surface area (Å²) in [6, 6.07) is 14.2. The molecule has 0 aliphatic heterocycles. The van der Waals surface area contributed by atoms with Crippen molar-refractivity contribution < 1.29 is 33.3 Å². The van der Waals surface area contributed by atoms with Gasteiger partial charge in [-0.05, 0) is 134 Å². The monoisotopic (exact) mass is 724 g/mol. The van der Waals surface area contributed by atoms with Crippen LogP contribution in [0.4, 0.5) is 0 Å². The molecule has 5 aliphatic carbocycles. The van der Waals surface area contributed by atoms with Crippen LogP contribution in [0, 0.1) is 44.3 Å². The van der Waals surface area contributed by atoms with Crippen LogP contribution in [-0.4, -0.2) is 44.7 Å². The first-order valence-corrected chi connectivity index (χ1v) is 19.9. The van der Waals surface area contributed by atoms with Crippen molar-refractivity contribution in [2.45, 2.75) is 119 Å². The van der Waals surface area contributed by atoms with E-state index >= 15 is 0 Å². The van der Waals surface area contributed by atoms with Crippen LogP contribution in [0.2, 0.25) is 0 Å². The molecule has 0 N–H and O–H groups in total. The maximum atomic E-state index is 14.8. The fourth-order valence-corrected chi connectivity index (χ4v) is 12.3. The summed E-state index contributed by atoms with van der Waals surface area (Å²) in [6.45, 7) is 16.9. The molecule has 0 aromatic heterocycles. The van der Waals surface area contributed by atoms with Crippen LogP contribution in [0.15, 0.2) is 59.7 Å². The largest absolute Gasteiger partial charge is 0.497 e. The Hall–Kier alpha value is -3.61. The van der Waals surface area contributed by atoms with Gasteiger partial charge in [-0.2, -0.15) is 0 Å². The number of allylic oxidation sites excluding steroid dienone is 2. The van der Waals surface area contributed by atoms with E-state index in [1.165, 1.54) is 5.57 Å². The van der Waals surface area contributed by atoms with Crippen molar-refractivity contribution in [3.05, 3.63) is 70.8 Å². The molecule has 3 fully saturated rings. The highest BCUT2D eigenvalue weighted by molar-refractivity contribution is 5.99. The maximum absolute atomic E-state index is 14.8. The normalized spacial score (nSPS) is 37.3. The van der Waals surface area contributed by atoms with Crippen LogP contribution < -0.4 is 9.47 Å². The van der Waals surface area contributed by atoms with Gasteiger partial charge in [0.1, 0.15) is 17.6 Å². The lowest BCUT2D eigenvalue weighted by atomic mass is 9.35. The molecule has 2 aromatic carbocycles. The molecule has 5 aliphatic rings. The maximum Gasteiger partial charge on any atom is 0.338 e. The number of hydrogen-bond acceptors (Lipinski definition) is 7. The molecule has 8 unspecified atom stereocenters. The zero-order chi connectivity index (χ0) is 38.2. The molecule has 2 aromatic rings. The zero-order valence-electron chi connectivity index (χ0n) is 33.5. The van der Waals surface area contributed by atoms with Crippen LogP contribution in [0.3, 0.4) is 0 Å². The van der Waals surface area contributed by atoms with Crippen molar-refractivity contribution in [3.8, 4) is 11.5 Å². The number of ketones is 1. The minimum absolute atomic E-state index is 0.0556. The summed E-state index contributed by atoms with van der Waals surface area (Å²) in [6.07, 6.45) is 9.11. The molecule has 8 atom stereocenters. The predicted molar refractivity (Wildman–Crippen MR) is 205 cm³/mol. The molecule has 0 spiro atoms. The molecule has 7 heteroatoms. The third kappa shape index (κ3) is 5.94. The number of carbonyl (C=O) groups excluding carboxylic acids is 3.